The van der Waals surface area contributed by atoms with E-state index in [9.17, 15) is 4.79 Å². The number of rotatable bonds is 4. The maximum absolute atomic E-state index is 12.5. The number of carbonyl (C=O) groups excluding carboxylic acids is 1. The molecule has 6 heteroatoms. The molecule has 0 fully saturated rings. The summed E-state index contributed by atoms with van der Waals surface area (Å²) in [6.45, 7) is 2.16. The molecule has 0 radical (unpaired) electrons. The first kappa shape index (κ1) is 14.8. The molecular weight excluding hydrogens is 320 g/mol. The molecule has 1 amide bonds. The number of amides is 1. The van der Waals surface area contributed by atoms with Crippen LogP contribution in [0.15, 0.2) is 47.0 Å². The van der Waals surface area contributed by atoms with Crippen LogP contribution in [0.4, 0.5) is 0 Å². The van der Waals surface area contributed by atoms with Crippen molar-refractivity contribution >= 4 is 28.8 Å². The largest absolute Gasteiger partial charge is 0.360 e. The standard InChI is InChI=1S/C16H13ClN2O2S/c1-10-14(15(19-21-10)11-5-3-2-4-6-11)16(20)18-9-12-7-8-13(17)22-12/h2-8H,9H2,1H3,(H,18,20). The van der Waals surface area contributed by atoms with Crippen LogP contribution >= 0.6 is 22.9 Å². The molecule has 0 saturated carbocycles. The highest BCUT2D eigenvalue weighted by Crippen LogP contribution is 2.25. The lowest BCUT2D eigenvalue weighted by molar-refractivity contribution is 0.0950. The van der Waals surface area contributed by atoms with Gasteiger partial charge in [-0.3, -0.25) is 4.79 Å². The number of thiophene rings is 1. The van der Waals surface area contributed by atoms with Gasteiger partial charge in [0, 0.05) is 10.4 Å². The molecular formula is C16H13ClN2O2S. The van der Waals surface area contributed by atoms with Crippen LogP contribution in [0.25, 0.3) is 11.3 Å². The summed E-state index contributed by atoms with van der Waals surface area (Å²) >= 11 is 7.33. The van der Waals surface area contributed by atoms with E-state index in [0.29, 0.717) is 27.9 Å². The van der Waals surface area contributed by atoms with E-state index < -0.39 is 0 Å². The zero-order valence-corrected chi connectivity index (χ0v) is 13.4. The Bertz CT molecular complexity index is 796. The Balaban J connectivity index is 1.82. The molecule has 0 aliphatic rings. The Hall–Kier alpha value is -2.11. The van der Waals surface area contributed by atoms with E-state index in [4.69, 9.17) is 16.1 Å². The number of benzene rings is 1. The summed E-state index contributed by atoms with van der Waals surface area (Å²) in [6, 6.07) is 13.2. The molecule has 2 aromatic heterocycles. The number of aromatic nitrogens is 1. The first-order valence-corrected chi connectivity index (χ1v) is 7.88. The molecule has 0 saturated heterocycles. The van der Waals surface area contributed by atoms with Gasteiger partial charge in [-0.05, 0) is 19.1 Å². The molecule has 0 aliphatic carbocycles. The van der Waals surface area contributed by atoms with Gasteiger partial charge in [0.05, 0.1) is 10.9 Å². The van der Waals surface area contributed by atoms with Crippen LogP contribution in [0.1, 0.15) is 21.0 Å². The summed E-state index contributed by atoms with van der Waals surface area (Å²) in [7, 11) is 0. The van der Waals surface area contributed by atoms with Crippen LogP contribution in [0.2, 0.25) is 4.34 Å². The summed E-state index contributed by atoms with van der Waals surface area (Å²) in [5.74, 6) is 0.294. The Labute approximate surface area is 136 Å². The molecule has 0 bridgehead atoms. The summed E-state index contributed by atoms with van der Waals surface area (Å²) < 4.78 is 5.90. The van der Waals surface area contributed by atoms with Gasteiger partial charge in [-0.1, -0.05) is 47.1 Å². The Kier molecular flexibility index (Phi) is 4.27. The van der Waals surface area contributed by atoms with Gasteiger partial charge < -0.3 is 9.84 Å². The van der Waals surface area contributed by atoms with E-state index >= 15 is 0 Å². The van der Waals surface area contributed by atoms with Crippen molar-refractivity contribution in [1.29, 1.82) is 0 Å². The SMILES string of the molecule is Cc1onc(-c2ccccc2)c1C(=O)NCc1ccc(Cl)s1. The number of hydrogen-bond acceptors (Lipinski definition) is 4. The van der Waals surface area contributed by atoms with E-state index in [2.05, 4.69) is 10.5 Å². The van der Waals surface area contributed by atoms with Crippen molar-refractivity contribution in [2.75, 3.05) is 0 Å². The van der Waals surface area contributed by atoms with Crippen LogP contribution in [0.3, 0.4) is 0 Å². The summed E-state index contributed by atoms with van der Waals surface area (Å²) in [5.41, 5.74) is 1.87. The predicted octanol–water partition coefficient (Wildman–Crippen LogP) is 4.29. The lowest BCUT2D eigenvalue weighted by Crippen LogP contribution is -2.23. The van der Waals surface area contributed by atoms with Crippen LogP contribution in [-0.4, -0.2) is 11.1 Å². The quantitative estimate of drug-likeness (QED) is 0.775. The number of aryl methyl sites for hydroxylation is 1. The number of nitrogens with zero attached hydrogens (tertiary/aromatic N) is 1. The van der Waals surface area contributed by atoms with Gasteiger partial charge >= 0.3 is 0 Å². The Morgan fingerprint density at radius 1 is 1.27 bits per heavy atom. The third kappa shape index (κ3) is 3.05. The van der Waals surface area contributed by atoms with Crippen LogP contribution in [0, 0.1) is 6.92 Å². The van der Waals surface area contributed by atoms with Gasteiger partial charge in [-0.25, -0.2) is 0 Å². The molecule has 0 spiro atoms. The average molecular weight is 333 g/mol. The second-order valence-corrected chi connectivity index (χ2v) is 6.52. The van der Waals surface area contributed by atoms with Crippen LogP contribution < -0.4 is 5.32 Å². The van der Waals surface area contributed by atoms with Gasteiger partial charge in [-0.15, -0.1) is 11.3 Å². The van der Waals surface area contributed by atoms with Gasteiger partial charge in [-0.2, -0.15) is 0 Å². The lowest BCUT2D eigenvalue weighted by atomic mass is 10.1. The van der Waals surface area contributed by atoms with Crippen molar-refractivity contribution in [1.82, 2.24) is 10.5 Å². The first-order chi connectivity index (χ1) is 10.6. The predicted molar refractivity (Wildman–Crippen MR) is 87.2 cm³/mol. The van der Waals surface area contributed by atoms with Crippen molar-refractivity contribution in [2.24, 2.45) is 0 Å². The van der Waals surface area contributed by atoms with E-state index in [0.717, 1.165) is 10.4 Å². The molecule has 0 unspecified atom stereocenters. The third-order valence-electron chi connectivity index (χ3n) is 3.19. The number of carbonyl (C=O) groups is 1. The summed E-state index contributed by atoms with van der Waals surface area (Å²) in [6.07, 6.45) is 0. The van der Waals surface area contributed by atoms with E-state index in [1.807, 2.05) is 42.5 Å². The van der Waals surface area contributed by atoms with Gasteiger partial charge in [0.15, 0.2) is 0 Å². The van der Waals surface area contributed by atoms with E-state index in [1.165, 1.54) is 11.3 Å². The highest BCUT2D eigenvalue weighted by Gasteiger charge is 2.21. The summed E-state index contributed by atoms with van der Waals surface area (Å²) in [4.78, 5) is 13.5. The fourth-order valence-corrected chi connectivity index (χ4v) is 3.16. The minimum atomic E-state index is -0.206. The minimum absolute atomic E-state index is 0.206. The fourth-order valence-electron chi connectivity index (χ4n) is 2.14. The number of halogens is 1. The highest BCUT2D eigenvalue weighted by atomic mass is 35.5. The molecule has 0 aliphatic heterocycles. The molecule has 1 N–H and O–H groups in total. The average Bonchev–Trinajstić information content (AvgIpc) is 3.12. The van der Waals surface area contributed by atoms with Crippen LogP contribution in [0.5, 0.6) is 0 Å². The third-order valence-corrected chi connectivity index (χ3v) is 4.42. The van der Waals surface area contributed by atoms with Crippen molar-refractivity contribution in [3.63, 3.8) is 0 Å². The maximum atomic E-state index is 12.5. The summed E-state index contributed by atoms with van der Waals surface area (Å²) in [5, 5.41) is 6.89. The topological polar surface area (TPSA) is 55.1 Å². The monoisotopic (exact) mass is 332 g/mol. The molecule has 3 aromatic rings. The highest BCUT2D eigenvalue weighted by molar-refractivity contribution is 7.16. The van der Waals surface area contributed by atoms with E-state index in [1.54, 1.807) is 6.92 Å². The van der Waals surface area contributed by atoms with Crippen LogP contribution in [-0.2, 0) is 6.54 Å². The molecule has 1 aromatic carbocycles. The molecule has 0 atom stereocenters. The van der Waals surface area contributed by atoms with Crippen molar-refractivity contribution < 1.29 is 9.32 Å². The molecule has 2 heterocycles. The smallest absolute Gasteiger partial charge is 0.257 e. The number of hydrogen-bond donors (Lipinski definition) is 1. The van der Waals surface area contributed by atoms with Crippen molar-refractivity contribution in [3.8, 4) is 11.3 Å². The zero-order valence-electron chi connectivity index (χ0n) is 11.8. The Morgan fingerprint density at radius 3 is 2.73 bits per heavy atom. The van der Waals surface area contributed by atoms with Crippen molar-refractivity contribution in [3.05, 3.63) is 63.0 Å². The normalized spacial score (nSPS) is 10.6. The molecule has 22 heavy (non-hydrogen) atoms. The number of nitrogens with one attached hydrogen (secondary N) is 1. The lowest BCUT2D eigenvalue weighted by Gasteiger charge is -2.04. The second-order valence-electron chi connectivity index (χ2n) is 4.72. The molecule has 3 rings (SSSR count). The first-order valence-electron chi connectivity index (χ1n) is 6.69. The van der Waals surface area contributed by atoms with Gasteiger partial charge in [0.1, 0.15) is 17.0 Å². The molecule has 4 nitrogen and oxygen atoms in total. The van der Waals surface area contributed by atoms with E-state index in [-0.39, 0.29) is 5.91 Å². The van der Waals surface area contributed by atoms with Gasteiger partial charge in [0.25, 0.3) is 5.91 Å². The minimum Gasteiger partial charge on any atom is -0.360 e. The fraction of sp³-hybridized carbons (Fsp3) is 0.125. The Morgan fingerprint density at radius 2 is 2.05 bits per heavy atom. The van der Waals surface area contributed by atoms with Crippen molar-refractivity contribution in [2.45, 2.75) is 13.5 Å². The van der Waals surface area contributed by atoms with Gasteiger partial charge in [0.2, 0.25) is 0 Å². The maximum Gasteiger partial charge on any atom is 0.257 e. The zero-order chi connectivity index (χ0) is 15.5. The molecule has 112 valence electrons. The second kappa shape index (κ2) is 6.34.